The number of esters is 1. The summed E-state index contributed by atoms with van der Waals surface area (Å²) in [5.74, 6) is 0.155. The van der Waals surface area contributed by atoms with Gasteiger partial charge in [-0.1, -0.05) is 42.5 Å². The van der Waals surface area contributed by atoms with Gasteiger partial charge in [-0.3, -0.25) is 9.59 Å². The highest BCUT2D eigenvalue weighted by molar-refractivity contribution is 5.81. The number of amides is 1. The molecule has 5 heteroatoms. The van der Waals surface area contributed by atoms with Crippen LogP contribution in [0.4, 0.5) is 0 Å². The Kier molecular flexibility index (Phi) is 7.50. The summed E-state index contributed by atoms with van der Waals surface area (Å²) in [5, 5.41) is 2.56. The van der Waals surface area contributed by atoms with Crippen LogP contribution < -0.4 is 10.1 Å². The third kappa shape index (κ3) is 7.52. The van der Waals surface area contributed by atoms with E-state index in [9.17, 15) is 9.59 Å². The fourth-order valence-corrected chi connectivity index (χ4v) is 2.18. The Morgan fingerprint density at radius 3 is 2.60 bits per heavy atom. The molecule has 0 aliphatic carbocycles. The summed E-state index contributed by atoms with van der Waals surface area (Å²) in [5.41, 5.74) is 2.04. The molecule has 0 atom stereocenters. The highest BCUT2D eigenvalue weighted by atomic mass is 16.5. The molecule has 0 heterocycles. The normalized spacial score (nSPS) is 10.1. The van der Waals surface area contributed by atoms with Crippen LogP contribution in [0.2, 0.25) is 0 Å². The van der Waals surface area contributed by atoms with Gasteiger partial charge < -0.3 is 14.8 Å². The van der Waals surface area contributed by atoms with E-state index in [1.807, 2.05) is 61.5 Å². The Labute approximate surface area is 148 Å². The summed E-state index contributed by atoms with van der Waals surface area (Å²) in [6, 6.07) is 17.2. The average Bonchev–Trinajstić information content (AvgIpc) is 2.63. The van der Waals surface area contributed by atoms with E-state index in [1.54, 1.807) is 0 Å². The van der Waals surface area contributed by atoms with Crippen molar-refractivity contribution in [3.63, 3.8) is 0 Å². The molecule has 0 aliphatic rings. The number of hydrogen-bond acceptors (Lipinski definition) is 4. The van der Waals surface area contributed by atoms with Gasteiger partial charge in [-0.15, -0.1) is 0 Å². The van der Waals surface area contributed by atoms with Gasteiger partial charge in [-0.05, 0) is 36.6 Å². The lowest BCUT2D eigenvalue weighted by Gasteiger charge is -2.08. The van der Waals surface area contributed by atoms with Crippen molar-refractivity contribution in [2.75, 3.05) is 13.2 Å². The summed E-state index contributed by atoms with van der Waals surface area (Å²) in [7, 11) is 0. The average molecular weight is 341 g/mol. The second-order valence-electron chi connectivity index (χ2n) is 5.69. The fourth-order valence-electron chi connectivity index (χ4n) is 2.18. The standard InChI is InChI=1S/C20H23NO4/c1-16-7-5-10-18(13-16)24-12-6-11-19(22)21-14-20(23)25-15-17-8-3-2-4-9-17/h2-5,7-10,13H,6,11-12,14-15H2,1H3,(H,21,22). The SMILES string of the molecule is Cc1cccc(OCCCC(=O)NCC(=O)OCc2ccccc2)c1. The van der Waals surface area contributed by atoms with Crippen molar-refractivity contribution in [3.8, 4) is 5.75 Å². The van der Waals surface area contributed by atoms with Gasteiger partial charge in [0.05, 0.1) is 6.61 Å². The second-order valence-corrected chi connectivity index (χ2v) is 5.69. The van der Waals surface area contributed by atoms with Crippen LogP contribution in [0.5, 0.6) is 5.75 Å². The minimum atomic E-state index is -0.451. The molecule has 2 aromatic carbocycles. The first-order chi connectivity index (χ1) is 12.1. The van der Waals surface area contributed by atoms with Gasteiger partial charge in [0.25, 0.3) is 0 Å². The lowest BCUT2D eigenvalue weighted by atomic mass is 10.2. The van der Waals surface area contributed by atoms with Crippen LogP contribution in [0.15, 0.2) is 54.6 Å². The lowest BCUT2D eigenvalue weighted by Crippen LogP contribution is -2.30. The van der Waals surface area contributed by atoms with E-state index >= 15 is 0 Å². The molecule has 132 valence electrons. The minimum Gasteiger partial charge on any atom is -0.494 e. The highest BCUT2D eigenvalue weighted by Gasteiger charge is 2.07. The minimum absolute atomic E-state index is 0.121. The molecule has 1 amide bonds. The molecule has 1 N–H and O–H groups in total. The maximum absolute atomic E-state index is 11.7. The van der Waals surface area contributed by atoms with Crippen molar-refractivity contribution in [1.82, 2.24) is 5.32 Å². The summed E-state index contributed by atoms with van der Waals surface area (Å²) in [6.07, 6.45) is 0.886. The Bertz CT molecular complexity index is 685. The van der Waals surface area contributed by atoms with Crippen LogP contribution in [0.1, 0.15) is 24.0 Å². The summed E-state index contributed by atoms with van der Waals surface area (Å²) in [6.45, 7) is 2.54. The van der Waals surface area contributed by atoms with Gasteiger partial charge in [-0.2, -0.15) is 0 Å². The molecule has 2 aromatic rings. The Morgan fingerprint density at radius 2 is 1.84 bits per heavy atom. The van der Waals surface area contributed by atoms with E-state index in [0.717, 1.165) is 16.9 Å². The summed E-state index contributed by atoms with van der Waals surface area (Å²) < 4.78 is 10.7. The van der Waals surface area contributed by atoms with Crippen molar-refractivity contribution in [2.24, 2.45) is 0 Å². The number of carbonyl (C=O) groups excluding carboxylic acids is 2. The van der Waals surface area contributed by atoms with Gasteiger partial charge >= 0.3 is 5.97 Å². The van der Waals surface area contributed by atoms with Gasteiger partial charge in [0.15, 0.2) is 0 Å². The molecule has 2 rings (SSSR count). The topological polar surface area (TPSA) is 64.6 Å². The first-order valence-electron chi connectivity index (χ1n) is 8.29. The smallest absolute Gasteiger partial charge is 0.325 e. The maximum Gasteiger partial charge on any atom is 0.325 e. The van der Waals surface area contributed by atoms with Gasteiger partial charge in [0.2, 0.25) is 5.91 Å². The van der Waals surface area contributed by atoms with Crippen LogP contribution in [0.3, 0.4) is 0 Å². The number of carbonyl (C=O) groups is 2. The third-order valence-corrected chi connectivity index (χ3v) is 3.48. The van der Waals surface area contributed by atoms with Crippen molar-refractivity contribution in [2.45, 2.75) is 26.4 Å². The van der Waals surface area contributed by atoms with E-state index in [-0.39, 0.29) is 19.1 Å². The summed E-state index contributed by atoms with van der Waals surface area (Å²) in [4.78, 5) is 23.3. The molecule has 0 fully saturated rings. The van der Waals surface area contributed by atoms with Crippen molar-refractivity contribution < 1.29 is 19.1 Å². The quantitative estimate of drug-likeness (QED) is 0.562. The maximum atomic E-state index is 11.7. The van der Waals surface area contributed by atoms with Crippen LogP contribution in [0, 0.1) is 6.92 Å². The first kappa shape index (κ1) is 18.5. The number of ether oxygens (including phenoxy) is 2. The first-order valence-corrected chi connectivity index (χ1v) is 8.29. The molecule has 0 unspecified atom stereocenters. The zero-order valence-corrected chi connectivity index (χ0v) is 14.4. The van der Waals surface area contributed by atoms with Gasteiger partial charge in [0, 0.05) is 6.42 Å². The van der Waals surface area contributed by atoms with E-state index in [2.05, 4.69) is 5.32 Å². The lowest BCUT2D eigenvalue weighted by molar-refractivity contribution is -0.145. The predicted molar refractivity (Wildman–Crippen MR) is 95.2 cm³/mol. The molecule has 25 heavy (non-hydrogen) atoms. The van der Waals surface area contributed by atoms with Crippen molar-refractivity contribution >= 4 is 11.9 Å². The molecular formula is C20H23NO4. The molecule has 0 bridgehead atoms. The number of benzene rings is 2. The Balaban J connectivity index is 1.55. The number of nitrogens with one attached hydrogen (secondary N) is 1. The monoisotopic (exact) mass is 341 g/mol. The van der Waals surface area contributed by atoms with Crippen LogP contribution in [-0.4, -0.2) is 25.0 Å². The summed E-state index contributed by atoms with van der Waals surface area (Å²) >= 11 is 0. The molecule has 0 saturated carbocycles. The molecule has 0 saturated heterocycles. The van der Waals surface area contributed by atoms with E-state index < -0.39 is 5.97 Å². The van der Waals surface area contributed by atoms with Crippen LogP contribution >= 0.6 is 0 Å². The fraction of sp³-hybridized carbons (Fsp3) is 0.300. The Morgan fingerprint density at radius 1 is 1.04 bits per heavy atom. The number of hydrogen-bond donors (Lipinski definition) is 1. The van der Waals surface area contributed by atoms with Gasteiger partial charge in [-0.25, -0.2) is 0 Å². The van der Waals surface area contributed by atoms with Crippen LogP contribution in [-0.2, 0) is 20.9 Å². The van der Waals surface area contributed by atoms with Gasteiger partial charge in [0.1, 0.15) is 18.9 Å². The molecule has 0 radical (unpaired) electrons. The zero-order valence-electron chi connectivity index (χ0n) is 14.4. The number of aryl methyl sites for hydroxylation is 1. The van der Waals surface area contributed by atoms with Crippen molar-refractivity contribution in [3.05, 3.63) is 65.7 Å². The molecule has 5 nitrogen and oxygen atoms in total. The van der Waals surface area contributed by atoms with E-state index in [4.69, 9.17) is 9.47 Å². The Hall–Kier alpha value is -2.82. The predicted octanol–water partition coefficient (Wildman–Crippen LogP) is 3.01. The number of rotatable bonds is 9. The highest BCUT2D eigenvalue weighted by Crippen LogP contribution is 2.12. The van der Waals surface area contributed by atoms with E-state index in [0.29, 0.717) is 19.4 Å². The van der Waals surface area contributed by atoms with E-state index in [1.165, 1.54) is 0 Å². The third-order valence-electron chi connectivity index (χ3n) is 3.48. The van der Waals surface area contributed by atoms with Crippen LogP contribution in [0.25, 0.3) is 0 Å². The van der Waals surface area contributed by atoms with Crippen molar-refractivity contribution in [1.29, 1.82) is 0 Å². The molecule has 0 spiro atoms. The molecule has 0 aromatic heterocycles. The second kappa shape index (κ2) is 10.1. The largest absolute Gasteiger partial charge is 0.494 e. The molecular weight excluding hydrogens is 318 g/mol. The zero-order chi connectivity index (χ0) is 17.9. The molecule has 0 aliphatic heterocycles.